The number of nitrogens with zero attached hydrogens (tertiary/aromatic N) is 4. The zero-order chi connectivity index (χ0) is 18.1. The summed E-state index contributed by atoms with van der Waals surface area (Å²) in [4.78, 5) is 23.1. The highest BCUT2D eigenvalue weighted by Gasteiger charge is 2.30. The molecule has 0 aliphatic carbocycles. The molecular weight excluding hydrogens is 328 g/mol. The van der Waals surface area contributed by atoms with Gasteiger partial charge in [0.1, 0.15) is 5.82 Å². The number of aromatic nitrogens is 3. The van der Waals surface area contributed by atoms with Crippen LogP contribution >= 0.6 is 0 Å². The molecule has 1 aromatic carbocycles. The van der Waals surface area contributed by atoms with Crippen LogP contribution in [0.3, 0.4) is 0 Å². The molecule has 0 saturated carbocycles. The number of aryl methyl sites for hydroxylation is 2. The Hall–Kier alpha value is -2.89. The lowest BCUT2D eigenvalue weighted by Gasteiger charge is -2.17. The van der Waals surface area contributed by atoms with Gasteiger partial charge in [0.15, 0.2) is 6.39 Å². The molecular formula is C20H22N4O2. The fourth-order valence-electron chi connectivity index (χ4n) is 3.58. The fraction of sp³-hybridized carbons (Fsp3) is 0.350. The van der Waals surface area contributed by atoms with Crippen LogP contribution in [0.2, 0.25) is 0 Å². The minimum atomic E-state index is -0.0619. The Morgan fingerprint density at radius 3 is 2.77 bits per heavy atom. The first-order valence-electron chi connectivity index (χ1n) is 8.90. The van der Waals surface area contributed by atoms with Gasteiger partial charge < -0.3 is 13.9 Å². The van der Waals surface area contributed by atoms with Crippen molar-refractivity contribution >= 4 is 5.91 Å². The van der Waals surface area contributed by atoms with Gasteiger partial charge in [-0.1, -0.05) is 30.3 Å². The van der Waals surface area contributed by atoms with Crippen molar-refractivity contribution in [3.8, 4) is 11.4 Å². The standard InChI is InChI=1S/C20H22N4O2/c1-14-10-21-19(17-6-4-3-5-7-17)24(14)12-16-8-9-23(11-16)20(25)18-15(2)22-13-26-18/h3-7,10,13,16H,8-9,11-12H2,1-2H3. The second-order valence-electron chi connectivity index (χ2n) is 6.87. The van der Waals surface area contributed by atoms with Gasteiger partial charge in [0, 0.05) is 37.1 Å². The van der Waals surface area contributed by atoms with Crippen molar-refractivity contribution in [3.63, 3.8) is 0 Å². The normalized spacial score (nSPS) is 17.0. The average molecular weight is 350 g/mol. The highest BCUT2D eigenvalue weighted by molar-refractivity contribution is 5.92. The summed E-state index contributed by atoms with van der Waals surface area (Å²) in [5.74, 6) is 1.68. The minimum absolute atomic E-state index is 0.0619. The van der Waals surface area contributed by atoms with E-state index in [0.717, 1.165) is 43.1 Å². The lowest BCUT2D eigenvalue weighted by Crippen LogP contribution is -2.29. The molecule has 2 aromatic heterocycles. The third kappa shape index (κ3) is 3.03. The van der Waals surface area contributed by atoms with Crippen molar-refractivity contribution in [1.29, 1.82) is 0 Å². The molecule has 1 fully saturated rings. The maximum Gasteiger partial charge on any atom is 0.291 e. The van der Waals surface area contributed by atoms with Crippen molar-refractivity contribution in [3.05, 3.63) is 60.1 Å². The molecule has 0 bridgehead atoms. The number of hydrogen-bond donors (Lipinski definition) is 0. The Morgan fingerprint density at radius 2 is 2.04 bits per heavy atom. The number of amides is 1. The quantitative estimate of drug-likeness (QED) is 0.724. The lowest BCUT2D eigenvalue weighted by atomic mass is 10.1. The Labute approximate surface area is 152 Å². The van der Waals surface area contributed by atoms with Gasteiger partial charge in [0.25, 0.3) is 5.91 Å². The molecule has 1 saturated heterocycles. The summed E-state index contributed by atoms with van der Waals surface area (Å²) in [6, 6.07) is 10.2. The fourth-order valence-corrected chi connectivity index (χ4v) is 3.58. The number of oxazole rings is 1. The summed E-state index contributed by atoms with van der Waals surface area (Å²) in [6.45, 7) is 6.21. The summed E-state index contributed by atoms with van der Waals surface area (Å²) in [6.07, 6.45) is 4.22. The molecule has 4 rings (SSSR count). The minimum Gasteiger partial charge on any atom is -0.438 e. The molecule has 1 aliphatic heterocycles. The van der Waals surface area contributed by atoms with E-state index in [1.54, 1.807) is 6.92 Å². The third-order valence-electron chi connectivity index (χ3n) is 5.04. The number of carbonyl (C=O) groups excluding carboxylic acids is 1. The zero-order valence-electron chi connectivity index (χ0n) is 15.1. The molecule has 1 atom stereocenters. The summed E-state index contributed by atoms with van der Waals surface area (Å²) in [7, 11) is 0. The van der Waals surface area contributed by atoms with E-state index in [4.69, 9.17) is 4.42 Å². The van der Waals surface area contributed by atoms with Gasteiger partial charge in [-0.05, 0) is 26.2 Å². The SMILES string of the molecule is Cc1ncoc1C(=O)N1CCC(Cn2c(C)cnc2-c2ccccc2)C1. The van der Waals surface area contributed by atoms with Crippen molar-refractivity contribution in [2.75, 3.05) is 13.1 Å². The van der Waals surface area contributed by atoms with Gasteiger partial charge >= 0.3 is 0 Å². The predicted molar refractivity (Wildman–Crippen MR) is 97.7 cm³/mol. The number of benzene rings is 1. The molecule has 3 heterocycles. The lowest BCUT2D eigenvalue weighted by molar-refractivity contribution is 0.0753. The molecule has 0 radical (unpaired) electrons. The van der Waals surface area contributed by atoms with Crippen LogP contribution in [0.15, 0.2) is 47.3 Å². The van der Waals surface area contributed by atoms with Gasteiger partial charge in [0.2, 0.25) is 5.76 Å². The Bertz CT molecular complexity index is 913. The topological polar surface area (TPSA) is 64.2 Å². The van der Waals surface area contributed by atoms with Crippen molar-refractivity contribution in [2.24, 2.45) is 5.92 Å². The van der Waals surface area contributed by atoms with Gasteiger partial charge in [-0.2, -0.15) is 0 Å². The second-order valence-corrected chi connectivity index (χ2v) is 6.87. The van der Waals surface area contributed by atoms with Gasteiger partial charge in [-0.25, -0.2) is 9.97 Å². The number of rotatable bonds is 4. The number of imidazole rings is 1. The Morgan fingerprint density at radius 1 is 1.23 bits per heavy atom. The third-order valence-corrected chi connectivity index (χ3v) is 5.04. The molecule has 1 unspecified atom stereocenters. The van der Waals surface area contributed by atoms with Crippen LogP contribution in [0.5, 0.6) is 0 Å². The van der Waals surface area contributed by atoms with Crippen molar-refractivity contribution in [1.82, 2.24) is 19.4 Å². The Kier molecular flexibility index (Phi) is 4.32. The number of hydrogen-bond acceptors (Lipinski definition) is 4. The van der Waals surface area contributed by atoms with Gasteiger partial charge in [-0.15, -0.1) is 0 Å². The first kappa shape index (κ1) is 16.6. The number of carbonyl (C=O) groups is 1. The molecule has 26 heavy (non-hydrogen) atoms. The summed E-state index contributed by atoms with van der Waals surface area (Å²) < 4.78 is 7.52. The molecule has 6 heteroatoms. The highest BCUT2D eigenvalue weighted by atomic mass is 16.3. The first-order chi connectivity index (χ1) is 12.6. The predicted octanol–water partition coefficient (Wildman–Crippen LogP) is 3.32. The van der Waals surface area contributed by atoms with Crippen LogP contribution in [0, 0.1) is 19.8 Å². The van der Waals surface area contributed by atoms with Crippen LogP contribution in [-0.4, -0.2) is 38.4 Å². The molecule has 3 aromatic rings. The zero-order valence-corrected chi connectivity index (χ0v) is 15.1. The maximum absolute atomic E-state index is 12.6. The molecule has 6 nitrogen and oxygen atoms in total. The highest BCUT2D eigenvalue weighted by Crippen LogP contribution is 2.25. The van der Waals surface area contributed by atoms with E-state index in [2.05, 4.69) is 33.6 Å². The van der Waals surface area contributed by atoms with Gasteiger partial charge in [-0.3, -0.25) is 4.79 Å². The van der Waals surface area contributed by atoms with Crippen LogP contribution in [0.1, 0.15) is 28.4 Å². The van der Waals surface area contributed by atoms with E-state index in [1.807, 2.05) is 29.3 Å². The van der Waals surface area contributed by atoms with Crippen LogP contribution in [0.4, 0.5) is 0 Å². The molecule has 134 valence electrons. The van der Waals surface area contributed by atoms with Crippen molar-refractivity contribution < 1.29 is 9.21 Å². The molecule has 1 aliphatic rings. The van der Waals surface area contributed by atoms with Crippen LogP contribution in [0.25, 0.3) is 11.4 Å². The van der Waals surface area contributed by atoms with E-state index in [-0.39, 0.29) is 5.91 Å². The molecule has 0 spiro atoms. The average Bonchev–Trinajstić information content (AvgIpc) is 3.37. The molecule has 0 N–H and O–H groups in total. The summed E-state index contributed by atoms with van der Waals surface area (Å²) in [5.41, 5.74) is 2.90. The van der Waals surface area contributed by atoms with E-state index in [9.17, 15) is 4.79 Å². The van der Waals surface area contributed by atoms with Crippen LogP contribution < -0.4 is 0 Å². The van der Waals surface area contributed by atoms with E-state index < -0.39 is 0 Å². The summed E-state index contributed by atoms with van der Waals surface area (Å²) >= 11 is 0. The Balaban J connectivity index is 1.49. The van der Waals surface area contributed by atoms with Crippen LogP contribution in [-0.2, 0) is 6.54 Å². The second kappa shape index (κ2) is 6.78. The first-order valence-corrected chi connectivity index (χ1v) is 8.90. The monoisotopic (exact) mass is 350 g/mol. The maximum atomic E-state index is 12.6. The van der Waals surface area contributed by atoms with E-state index in [0.29, 0.717) is 17.4 Å². The van der Waals surface area contributed by atoms with E-state index in [1.165, 1.54) is 6.39 Å². The van der Waals surface area contributed by atoms with E-state index >= 15 is 0 Å². The molecule has 1 amide bonds. The van der Waals surface area contributed by atoms with Crippen molar-refractivity contribution in [2.45, 2.75) is 26.8 Å². The smallest absolute Gasteiger partial charge is 0.291 e. The number of likely N-dealkylation sites (tertiary alicyclic amines) is 1. The largest absolute Gasteiger partial charge is 0.438 e. The summed E-state index contributed by atoms with van der Waals surface area (Å²) in [5, 5.41) is 0. The van der Waals surface area contributed by atoms with Gasteiger partial charge in [0.05, 0.1) is 5.69 Å².